The molecule has 2 unspecified atom stereocenters. The van der Waals surface area contributed by atoms with Gasteiger partial charge in [0.15, 0.2) is 0 Å². The van der Waals surface area contributed by atoms with E-state index in [1.165, 1.54) is 43.5 Å². The predicted molar refractivity (Wildman–Crippen MR) is 95.1 cm³/mol. The lowest BCUT2D eigenvalue weighted by Crippen LogP contribution is -2.52. The highest BCUT2D eigenvalue weighted by Crippen LogP contribution is 2.21. The number of nitrogens with one attached hydrogen (secondary N) is 1. The molecule has 0 aliphatic carbocycles. The fraction of sp³-hybridized carbons (Fsp3) is 0.667. The van der Waals surface area contributed by atoms with Crippen molar-refractivity contribution in [2.75, 3.05) is 31.6 Å². The smallest absolute Gasteiger partial charge is 0.0449 e. The van der Waals surface area contributed by atoms with E-state index in [1.54, 1.807) is 0 Å². The Bertz CT molecular complexity index is 382. The minimum Gasteiger partial charge on any atom is -0.307 e. The predicted octanol–water partition coefficient (Wildman–Crippen LogP) is 3.94. The number of piperazine rings is 1. The van der Waals surface area contributed by atoms with Gasteiger partial charge in [-0.1, -0.05) is 43.7 Å². The number of hydrogen-bond acceptors (Lipinski definition) is 3. The second-order valence-electron chi connectivity index (χ2n) is 5.98. The van der Waals surface area contributed by atoms with Crippen LogP contribution in [0.2, 0.25) is 0 Å². The summed E-state index contributed by atoms with van der Waals surface area (Å²) in [6.45, 7) is 5.86. The summed E-state index contributed by atoms with van der Waals surface area (Å²) in [5.74, 6) is 1.31. The van der Waals surface area contributed by atoms with Gasteiger partial charge in [-0.25, -0.2) is 0 Å². The van der Waals surface area contributed by atoms with E-state index in [9.17, 15) is 0 Å². The van der Waals surface area contributed by atoms with Crippen molar-refractivity contribution in [2.45, 2.75) is 44.7 Å². The van der Waals surface area contributed by atoms with Crippen LogP contribution in [0.3, 0.4) is 0 Å². The number of thioether (sulfide) groups is 1. The molecule has 1 aliphatic rings. The van der Waals surface area contributed by atoms with Crippen LogP contribution in [-0.2, 0) is 0 Å². The molecule has 118 valence electrons. The summed E-state index contributed by atoms with van der Waals surface area (Å²) in [4.78, 5) is 2.72. The minimum absolute atomic E-state index is 0.500. The quantitative estimate of drug-likeness (QED) is 0.732. The van der Waals surface area contributed by atoms with Gasteiger partial charge in [0, 0.05) is 25.2 Å². The van der Waals surface area contributed by atoms with Gasteiger partial charge in [-0.3, -0.25) is 4.90 Å². The number of unbranched alkanes of at least 4 members (excludes halogenated alkanes) is 2. The van der Waals surface area contributed by atoms with Crippen molar-refractivity contribution in [1.29, 1.82) is 0 Å². The van der Waals surface area contributed by atoms with Crippen LogP contribution in [0.25, 0.3) is 0 Å². The van der Waals surface area contributed by atoms with E-state index in [-0.39, 0.29) is 0 Å². The van der Waals surface area contributed by atoms with Gasteiger partial charge in [-0.2, -0.15) is 11.8 Å². The highest BCUT2D eigenvalue weighted by Gasteiger charge is 2.26. The lowest BCUT2D eigenvalue weighted by atomic mass is 10.0. The summed E-state index contributed by atoms with van der Waals surface area (Å²) >= 11 is 1.97. The number of benzene rings is 1. The Kier molecular flexibility index (Phi) is 7.62. The molecule has 2 rings (SSSR count). The van der Waals surface area contributed by atoms with Gasteiger partial charge in [0.25, 0.3) is 0 Å². The average molecular weight is 307 g/mol. The Balaban J connectivity index is 1.84. The van der Waals surface area contributed by atoms with Crippen LogP contribution in [0.5, 0.6) is 0 Å². The van der Waals surface area contributed by atoms with Crippen LogP contribution < -0.4 is 5.32 Å². The molecule has 1 aromatic carbocycles. The van der Waals surface area contributed by atoms with Crippen LogP contribution in [0, 0.1) is 0 Å². The maximum absolute atomic E-state index is 3.73. The van der Waals surface area contributed by atoms with E-state index >= 15 is 0 Å². The summed E-state index contributed by atoms with van der Waals surface area (Å²) in [6.07, 6.45) is 7.54. The molecule has 1 heterocycles. The number of nitrogens with zero attached hydrogens (tertiary/aromatic N) is 1. The standard InChI is InChI=1S/C18H30N2S/c1-3-17-14-19-18(16-10-6-4-7-11-16)15-20(17)12-8-5-9-13-21-2/h4,6-7,10-11,17-19H,3,5,8-9,12-15H2,1-2H3. The van der Waals surface area contributed by atoms with Crippen molar-refractivity contribution in [2.24, 2.45) is 0 Å². The van der Waals surface area contributed by atoms with E-state index < -0.39 is 0 Å². The largest absolute Gasteiger partial charge is 0.307 e. The van der Waals surface area contributed by atoms with Crippen molar-refractivity contribution >= 4 is 11.8 Å². The molecule has 1 aromatic rings. The van der Waals surface area contributed by atoms with Gasteiger partial charge in [0.1, 0.15) is 0 Å². The number of hydrogen-bond donors (Lipinski definition) is 1. The normalized spacial score (nSPS) is 23.3. The van der Waals surface area contributed by atoms with E-state index in [2.05, 4.69) is 53.7 Å². The third-order valence-electron chi connectivity index (χ3n) is 4.50. The van der Waals surface area contributed by atoms with Crippen LogP contribution >= 0.6 is 11.8 Å². The topological polar surface area (TPSA) is 15.3 Å². The maximum atomic E-state index is 3.73. The molecule has 0 saturated carbocycles. The SMILES string of the molecule is CCC1CNC(c2ccccc2)CN1CCCCCSC. The Morgan fingerprint density at radius 3 is 2.71 bits per heavy atom. The Morgan fingerprint density at radius 1 is 1.19 bits per heavy atom. The van der Waals surface area contributed by atoms with Crippen molar-refractivity contribution in [1.82, 2.24) is 10.2 Å². The third-order valence-corrected chi connectivity index (χ3v) is 5.20. The third kappa shape index (κ3) is 5.32. The first-order valence-electron chi connectivity index (χ1n) is 8.36. The molecule has 1 saturated heterocycles. The molecule has 21 heavy (non-hydrogen) atoms. The monoisotopic (exact) mass is 306 g/mol. The van der Waals surface area contributed by atoms with Crippen molar-refractivity contribution in [3.63, 3.8) is 0 Å². The summed E-state index contributed by atoms with van der Waals surface area (Å²) in [5.41, 5.74) is 1.43. The highest BCUT2D eigenvalue weighted by atomic mass is 32.2. The van der Waals surface area contributed by atoms with E-state index in [0.29, 0.717) is 12.1 Å². The first-order valence-corrected chi connectivity index (χ1v) is 9.75. The molecular formula is C18H30N2S. The Morgan fingerprint density at radius 2 is 2.00 bits per heavy atom. The summed E-state index contributed by atoms with van der Waals surface area (Å²) in [7, 11) is 0. The van der Waals surface area contributed by atoms with Gasteiger partial charge in [-0.05, 0) is 43.4 Å². The van der Waals surface area contributed by atoms with Gasteiger partial charge in [0.2, 0.25) is 0 Å². The highest BCUT2D eigenvalue weighted by molar-refractivity contribution is 7.98. The zero-order chi connectivity index (χ0) is 14.9. The average Bonchev–Trinajstić information content (AvgIpc) is 2.55. The summed E-state index contributed by atoms with van der Waals surface area (Å²) in [5, 5.41) is 3.73. The van der Waals surface area contributed by atoms with Crippen LogP contribution in [0.1, 0.15) is 44.2 Å². The Hall–Kier alpha value is -0.510. The fourth-order valence-corrected chi connectivity index (χ4v) is 3.67. The molecule has 0 radical (unpaired) electrons. The zero-order valence-electron chi connectivity index (χ0n) is 13.6. The van der Waals surface area contributed by atoms with Crippen molar-refractivity contribution in [3.05, 3.63) is 35.9 Å². The molecule has 1 fully saturated rings. The molecule has 0 aromatic heterocycles. The van der Waals surface area contributed by atoms with E-state index in [4.69, 9.17) is 0 Å². The molecule has 1 aliphatic heterocycles. The maximum Gasteiger partial charge on any atom is 0.0449 e. The first-order chi connectivity index (χ1) is 10.3. The number of rotatable bonds is 8. The van der Waals surface area contributed by atoms with Crippen LogP contribution in [-0.4, -0.2) is 42.6 Å². The van der Waals surface area contributed by atoms with Gasteiger partial charge in [-0.15, -0.1) is 0 Å². The second-order valence-corrected chi connectivity index (χ2v) is 6.97. The Labute approximate surface area is 134 Å². The summed E-state index contributed by atoms with van der Waals surface area (Å²) in [6, 6.07) is 12.1. The molecule has 0 bridgehead atoms. The molecule has 3 heteroatoms. The lowest BCUT2D eigenvalue weighted by molar-refractivity contribution is 0.124. The molecule has 2 nitrogen and oxygen atoms in total. The zero-order valence-corrected chi connectivity index (χ0v) is 14.4. The lowest BCUT2D eigenvalue weighted by Gasteiger charge is -2.40. The van der Waals surface area contributed by atoms with Gasteiger partial charge >= 0.3 is 0 Å². The minimum atomic E-state index is 0.500. The van der Waals surface area contributed by atoms with Gasteiger partial charge < -0.3 is 5.32 Å². The molecular weight excluding hydrogens is 276 g/mol. The van der Waals surface area contributed by atoms with Crippen molar-refractivity contribution in [3.8, 4) is 0 Å². The molecule has 0 amide bonds. The van der Waals surface area contributed by atoms with E-state index in [1.807, 2.05) is 11.8 Å². The van der Waals surface area contributed by atoms with Crippen LogP contribution in [0.4, 0.5) is 0 Å². The van der Waals surface area contributed by atoms with Gasteiger partial charge in [0.05, 0.1) is 0 Å². The summed E-state index contributed by atoms with van der Waals surface area (Å²) < 4.78 is 0. The molecule has 2 atom stereocenters. The van der Waals surface area contributed by atoms with Crippen LogP contribution in [0.15, 0.2) is 30.3 Å². The van der Waals surface area contributed by atoms with Crippen molar-refractivity contribution < 1.29 is 0 Å². The second kappa shape index (κ2) is 9.50. The van der Waals surface area contributed by atoms with E-state index in [0.717, 1.165) is 13.1 Å². The fourth-order valence-electron chi connectivity index (χ4n) is 3.18. The molecule has 1 N–H and O–H groups in total. The molecule has 0 spiro atoms. The first kappa shape index (κ1) is 16.9.